The van der Waals surface area contributed by atoms with Gasteiger partial charge in [-0.25, -0.2) is 13.1 Å². The van der Waals surface area contributed by atoms with Crippen LogP contribution in [-0.2, 0) is 14.8 Å². The summed E-state index contributed by atoms with van der Waals surface area (Å²) in [6, 6.07) is 0. The van der Waals surface area contributed by atoms with Gasteiger partial charge in [-0.3, -0.25) is 0 Å². The van der Waals surface area contributed by atoms with Crippen molar-refractivity contribution in [3.05, 3.63) is 0 Å². The fraction of sp³-hybridized carbons (Fsp3) is 1.00. The number of nitrogens with one attached hydrogen (secondary N) is 1. The summed E-state index contributed by atoms with van der Waals surface area (Å²) in [6.45, 7) is 3.10. The Morgan fingerprint density at radius 3 is 2.59 bits per heavy atom. The first kappa shape index (κ1) is 16.8. The van der Waals surface area contributed by atoms with Gasteiger partial charge in [0.2, 0.25) is 10.0 Å². The molecule has 104 valence electrons. The number of ether oxygens (including phenoxy) is 1. The molecule has 3 N–H and O–H groups in total. The van der Waals surface area contributed by atoms with Gasteiger partial charge in [0.15, 0.2) is 0 Å². The summed E-state index contributed by atoms with van der Waals surface area (Å²) in [5.41, 5.74) is 5.31. The number of sulfonamides is 1. The molecule has 17 heavy (non-hydrogen) atoms. The summed E-state index contributed by atoms with van der Waals surface area (Å²) in [4.78, 5) is 2.02. The smallest absolute Gasteiger partial charge is 0.211 e. The van der Waals surface area contributed by atoms with E-state index in [4.69, 9.17) is 10.5 Å². The van der Waals surface area contributed by atoms with E-state index in [0.717, 1.165) is 13.0 Å². The van der Waals surface area contributed by atoms with Crippen LogP contribution in [-0.4, -0.2) is 66.0 Å². The normalized spacial score (nSPS) is 12.2. The molecule has 0 unspecified atom stereocenters. The van der Waals surface area contributed by atoms with Crippen LogP contribution in [0, 0.1) is 0 Å². The van der Waals surface area contributed by atoms with Crippen molar-refractivity contribution in [2.24, 2.45) is 5.73 Å². The van der Waals surface area contributed by atoms with Gasteiger partial charge in [-0.05, 0) is 26.4 Å². The van der Waals surface area contributed by atoms with Gasteiger partial charge in [-0.2, -0.15) is 0 Å². The average molecular weight is 267 g/mol. The molecule has 0 atom stereocenters. The van der Waals surface area contributed by atoms with Crippen molar-refractivity contribution in [3.63, 3.8) is 0 Å². The zero-order valence-corrected chi connectivity index (χ0v) is 11.6. The molecule has 0 fully saturated rings. The predicted molar refractivity (Wildman–Crippen MR) is 69.5 cm³/mol. The molecule has 0 aliphatic heterocycles. The molecule has 0 bridgehead atoms. The minimum Gasteiger partial charge on any atom is -0.383 e. The Balaban J connectivity index is 3.64. The van der Waals surface area contributed by atoms with Gasteiger partial charge < -0.3 is 15.4 Å². The lowest BCUT2D eigenvalue weighted by molar-refractivity contribution is 0.162. The van der Waals surface area contributed by atoms with Gasteiger partial charge in [0, 0.05) is 26.7 Å². The summed E-state index contributed by atoms with van der Waals surface area (Å²) in [5.74, 6) is 0.159. The largest absolute Gasteiger partial charge is 0.383 e. The number of methoxy groups -OCH3 is 1. The van der Waals surface area contributed by atoms with E-state index in [2.05, 4.69) is 4.72 Å². The second-order valence-corrected chi connectivity index (χ2v) is 5.93. The van der Waals surface area contributed by atoms with E-state index in [0.29, 0.717) is 32.7 Å². The first-order valence-electron chi connectivity index (χ1n) is 5.86. The third-order valence-corrected chi connectivity index (χ3v) is 3.83. The van der Waals surface area contributed by atoms with Crippen LogP contribution in [0.25, 0.3) is 0 Å². The summed E-state index contributed by atoms with van der Waals surface area (Å²) < 4.78 is 30.5. The lowest BCUT2D eigenvalue weighted by Crippen LogP contribution is -2.35. The van der Waals surface area contributed by atoms with Gasteiger partial charge in [-0.1, -0.05) is 0 Å². The number of nitrogens with two attached hydrogens (primary N) is 1. The molecule has 0 aliphatic carbocycles. The second kappa shape index (κ2) is 9.78. The Hall–Kier alpha value is -0.210. The van der Waals surface area contributed by atoms with Crippen molar-refractivity contribution in [1.82, 2.24) is 9.62 Å². The van der Waals surface area contributed by atoms with Crippen LogP contribution in [0.15, 0.2) is 0 Å². The number of likely N-dealkylation sites (N-methyl/N-ethyl adjacent to an activating group) is 1. The number of hydrogen-bond acceptors (Lipinski definition) is 5. The van der Waals surface area contributed by atoms with Gasteiger partial charge in [0.25, 0.3) is 0 Å². The van der Waals surface area contributed by atoms with Crippen molar-refractivity contribution in [2.75, 3.05) is 52.7 Å². The van der Waals surface area contributed by atoms with Crippen LogP contribution in [0.1, 0.15) is 12.8 Å². The molecule has 0 amide bonds. The average Bonchev–Trinajstić information content (AvgIpc) is 2.26. The molecule has 6 nitrogen and oxygen atoms in total. The molecule has 0 heterocycles. The molecular weight excluding hydrogens is 242 g/mol. The maximum Gasteiger partial charge on any atom is 0.211 e. The standard InChI is InChI=1S/C10H25N3O3S/c1-13(8-9-16-2)7-6-12-17(14,15)10-4-3-5-11/h12H,3-11H2,1-2H3. The molecule has 7 heteroatoms. The highest BCUT2D eigenvalue weighted by Crippen LogP contribution is 1.93. The number of rotatable bonds is 11. The van der Waals surface area contributed by atoms with Crippen molar-refractivity contribution in [3.8, 4) is 0 Å². The van der Waals surface area contributed by atoms with E-state index in [1.165, 1.54) is 0 Å². The number of hydrogen-bond donors (Lipinski definition) is 2. The van der Waals surface area contributed by atoms with Gasteiger partial charge in [0.05, 0.1) is 12.4 Å². The zero-order valence-electron chi connectivity index (χ0n) is 10.8. The Kier molecular flexibility index (Phi) is 9.66. The summed E-state index contributed by atoms with van der Waals surface area (Å²) in [5, 5.41) is 0. The Bertz CT molecular complexity index is 270. The topological polar surface area (TPSA) is 84.7 Å². The first-order chi connectivity index (χ1) is 8.02. The lowest BCUT2D eigenvalue weighted by Gasteiger charge is -2.16. The van der Waals surface area contributed by atoms with Crippen molar-refractivity contribution in [2.45, 2.75) is 12.8 Å². The highest BCUT2D eigenvalue weighted by Gasteiger charge is 2.09. The summed E-state index contributed by atoms with van der Waals surface area (Å²) in [7, 11) is 0.446. The van der Waals surface area contributed by atoms with Crippen molar-refractivity contribution < 1.29 is 13.2 Å². The molecule has 0 saturated carbocycles. The van der Waals surface area contributed by atoms with Crippen LogP contribution >= 0.6 is 0 Å². The van der Waals surface area contributed by atoms with E-state index >= 15 is 0 Å². The molecule has 0 spiro atoms. The summed E-state index contributed by atoms with van der Waals surface area (Å²) >= 11 is 0. The number of unbranched alkanes of at least 4 members (excludes halogenated alkanes) is 1. The van der Waals surface area contributed by atoms with Crippen molar-refractivity contribution in [1.29, 1.82) is 0 Å². The minimum absolute atomic E-state index is 0.159. The third kappa shape index (κ3) is 10.7. The molecule has 0 aromatic rings. The predicted octanol–water partition coefficient (Wildman–Crippen LogP) is -0.777. The fourth-order valence-electron chi connectivity index (χ4n) is 1.26. The van der Waals surface area contributed by atoms with Crippen LogP contribution in [0.5, 0.6) is 0 Å². The molecule has 0 aromatic carbocycles. The van der Waals surface area contributed by atoms with Crippen molar-refractivity contribution >= 4 is 10.0 Å². The Labute approximate surface area is 105 Å². The fourth-order valence-corrected chi connectivity index (χ4v) is 2.39. The first-order valence-corrected chi connectivity index (χ1v) is 7.52. The molecule has 0 rings (SSSR count). The SMILES string of the molecule is COCCN(C)CCNS(=O)(=O)CCCCN. The summed E-state index contributed by atoms with van der Waals surface area (Å²) in [6.07, 6.45) is 1.36. The van der Waals surface area contributed by atoms with E-state index in [1.54, 1.807) is 7.11 Å². The maximum atomic E-state index is 11.5. The highest BCUT2D eigenvalue weighted by atomic mass is 32.2. The molecule has 0 aromatic heterocycles. The molecule has 0 saturated heterocycles. The maximum absolute atomic E-state index is 11.5. The zero-order chi connectivity index (χ0) is 13.1. The molecule has 0 aliphatic rings. The third-order valence-electron chi connectivity index (χ3n) is 2.36. The quantitative estimate of drug-likeness (QED) is 0.480. The van der Waals surface area contributed by atoms with Gasteiger partial charge in [0.1, 0.15) is 0 Å². The Morgan fingerprint density at radius 1 is 1.29 bits per heavy atom. The molecule has 0 radical (unpaired) electrons. The Morgan fingerprint density at radius 2 is 2.00 bits per heavy atom. The van der Waals surface area contributed by atoms with Crippen LogP contribution in [0.2, 0.25) is 0 Å². The monoisotopic (exact) mass is 267 g/mol. The lowest BCUT2D eigenvalue weighted by atomic mass is 10.3. The minimum atomic E-state index is -3.13. The van der Waals surface area contributed by atoms with Gasteiger partial charge in [-0.15, -0.1) is 0 Å². The van der Waals surface area contributed by atoms with Gasteiger partial charge >= 0.3 is 0 Å². The van der Waals surface area contributed by atoms with E-state index in [9.17, 15) is 8.42 Å². The molecular formula is C10H25N3O3S. The van der Waals surface area contributed by atoms with E-state index in [1.807, 2.05) is 11.9 Å². The van der Waals surface area contributed by atoms with E-state index in [-0.39, 0.29) is 5.75 Å². The number of nitrogens with zero attached hydrogens (tertiary/aromatic N) is 1. The van der Waals surface area contributed by atoms with Crippen LogP contribution < -0.4 is 10.5 Å². The van der Waals surface area contributed by atoms with Crippen LogP contribution in [0.3, 0.4) is 0 Å². The van der Waals surface area contributed by atoms with Crippen LogP contribution in [0.4, 0.5) is 0 Å². The highest BCUT2D eigenvalue weighted by molar-refractivity contribution is 7.89. The van der Waals surface area contributed by atoms with E-state index < -0.39 is 10.0 Å². The second-order valence-electron chi connectivity index (χ2n) is 4.01.